The number of benzene rings is 2. The average Bonchev–Trinajstić information content (AvgIpc) is 3.35. The lowest BCUT2D eigenvalue weighted by molar-refractivity contribution is -0.188. The molecule has 3 aromatic rings. The molecule has 1 aliphatic rings. The maximum absolute atomic E-state index is 13.4. The summed E-state index contributed by atoms with van der Waals surface area (Å²) in [4.78, 5) is 15.4. The van der Waals surface area contributed by atoms with Crippen molar-refractivity contribution < 1.29 is 35.7 Å². The maximum Gasteiger partial charge on any atom is 0.471 e. The van der Waals surface area contributed by atoms with Crippen LogP contribution < -0.4 is 0 Å². The number of carbonyl (C=O) groups is 1. The number of nitrogens with zero attached hydrogens (tertiary/aromatic N) is 3. The van der Waals surface area contributed by atoms with Gasteiger partial charge in [-0.3, -0.25) is 9.69 Å². The molecule has 204 valence electrons. The molecule has 0 radical (unpaired) electrons. The van der Waals surface area contributed by atoms with E-state index in [1.807, 2.05) is 30.3 Å². The molecular formula is C27H27F6N3O2. The lowest BCUT2D eigenvalue weighted by Crippen LogP contribution is -2.51. The van der Waals surface area contributed by atoms with Gasteiger partial charge in [-0.15, -0.1) is 0 Å². The second-order valence-electron chi connectivity index (χ2n) is 9.35. The first-order chi connectivity index (χ1) is 18.0. The van der Waals surface area contributed by atoms with E-state index in [0.29, 0.717) is 43.6 Å². The zero-order valence-corrected chi connectivity index (χ0v) is 20.4. The number of carbonyl (C=O) groups excluding carboxylic acids is 1. The molecule has 0 aliphatic carbocycles. The van der Waals surface area contributed by atoms with Crippen LogP contribution in [0.1, 0.15) is 36.0 Å². The van der Waals surface area contributed by atoms with E-state index < -0.39 is 29.9 Å². The first kappa shape index (κ1) is 27.7. The third-order valence-corrected chi connectivity index (χ3v) is 6.71. The predicted octanol–water partition coefficient (Wildman–Crippen LogP) is 6.35. The molecule has 0 atom stereocenters. The number of likely N-dealkylation sites (tertiary alicyclic amines) is 1. The van der Waals surface area contributed by atoms with Crippen LogP contribution in [0, 0.1) is 0 Å². The van der Waals surface area contributed by atoms with E-state index in [0.717, 1.165) is 22.6 Å². The van der Waals surface area contributed by atoms with E-state index in [2.05, 4.69) is 10.1 Å². The largest absolute Gasteiger partial charge is 0.471 e. The fourth-order valence-corrected chi connectivity index (χ4v) is 4.77. The zero-order valence-electron chi connectivity index (χ0n) is 20.4. The summed E-state index contributed by atoms with van der Waals surface area (Å²) in [5.41, 5.74) is 1.23. The molecule has 0 spiro atoms. The van der Waals surface area contributed by atoms with Crippen molar-refractivity contribution in [1.82, 2.24) is 15.0 Å². The number of hydrogen-bond donors (Lipinski definition) is 0. The second kappa shape index (κ2) is 11.6. The van der Waals surface area contributed by atoms with Gasteiger partial charge in [0.2, 0.25) is 0 Å². The normalized spacial score (nSPS) is 15.5. The van der Waals surface area contributed by atoms with Gasteiger partial charge in [0, 0.05) is 43.3 Å². The van der Waals surface area contributed by atoms with Crippen LogP contribution in [0.5, 0.6) is 0 Å². The van der Waals surface area contributed by atoms with Gasteiger partial charge in [0.25, 0.3) is 0 Å². The monoisotopic (exact) mass is 539 g/mol. The summed E-state index contributed by atoms with van der Waals surface area (Å²) < 4.78 is 84.0. The number of amides is 1. The van der Waals surface area contributed by atoms with E-state index in [1.54, 1.807) is 0 Å². The minimum Gasteiger partial charge on any atom is -0.356 e. The molecule has 0 saturated carbocycles. The first-order valence-electron chi connectivity index (χ1n) is 12.3. The van der Waals surface area contributed by atoms with E-state index in [1.165, 1.54) is 18.3 Å². The van der Waals surface area contributed by atoms with Crippen LogP contribution in [0.2, 0.25) is 0 Å². The first-order valence-corrected chi connectivity index (χ1v) is 12.3. The molecule has 1 saturated heterocycles. The van der Waals surface area contributed by atoms with Gasteiger partial charge in [0.1, 0.15) is 0 Å². The number of rotatable bonds is 8. The molecular weight excluding hydrogens is 512 g/mol. The molecule has 4 rings (SSSR count). The summed E-state index contributed by atoms with van der Waals surface area (Å²) in [5.74, 6) is -1.60. The standard InChI is InChI=1S/C27H27F6N3O2/c28-26(29,30)22-10-8-20(9-11-22)24-21(17-34-38-24)7-4-14-36(25(37)27(31,32)33)23-12-15-35(16-13-23)18-19-5-2-1-3-6-19/h1-3,5-6,8-11,17,23H,4,7,12-16,18H2. The van der Waals surface area contributed by atoms with Crippen molar-refractivity contribution in [2.45, 2.75) is 50.6 Å². The molecule has 0 unspecified atom stereocenters. The summed E-state index contributed by atoms with van der Waals surface area (Å²) >= 11 is 0. The Bertz CT molecular complexity index is 1180. The summed E-state index contributed by atoms with van der Waals surface area (Å²) in [7, 11) is 0. The molecule has 2 heterocycles. The number of aromatic nitrogens is 1. The van der Waals surface area contributed by atoms with Gasteiger partial charge < -0.3 is 9.42 Å². The quantitative estimate of drug-likeness (QED) is 0.313. The Morgan fingerprint density at radius 1 is 0.974 bits per heavy atom. The summed E-state index contributed by atoms with van der Waals surface area (Å²) in [6.45, 7) is 1.73. The third-order valence-electron chi connectivity index (χ3n) is 6.71. The van der Waals surface area contributed by atoms with Gasteiger partial charge in [0.05, 0.1) is 11.8 Å². The molecule has 1 aliphatic heterocycles. The number of halogens is 6. The maximum atomic E-state index is 13.4. The van der Waals surface area contributed by atoms with E-state index >= 15 is 0 Å². The van der Waals surface area contributed by atoms with E-state index in [-0.39, 0.29) is 25.1 Å². The summed E-state index contributed by atoms with van der Waals surface area (Å²) in [6.07, 6.45) is -6.75. The van der Waals surface area contributed by atoms with Crippen LogP contribution in [0.3, 0.4) is 0 Å². The molecule has 11 heteroatoms. The van der Waals surface area contributed by atoms with Crippen LogP contribution >= 0.6 is 0 Å². The van der Waals surface area contributed by atoms with Crippen LogP contribution in [-0.4, -0.2) is 52.7 Å². The summed E-state index contributed by atoms with van der Waals surface area (Å²) in [5, 5.41) is 3.71. The molecule has 2 aromatic carbocycles. The van der Waals surface area contributed by atoms with Gasteiger partial charge in [-0.25, -0.2) is 0 Å². The number of piperidine rings is 1. The van der Waals surface area contributed by atoms with Crippen LogP contribution in [0.15, 0.2) is 65.3 Å². The molecule has 1 amide bonds. The van der Waals surface area contributed by atoms with Gasteiger partial charge in [0.15, 0.2) is 5.76 Å². The highest BCUT2D eigenvalue weighted by Gasteiger charge is 2.44. The Kier molecular flexibility index (Phi) is 8.44. The Hall–Kier alpha value is -3.34. The van der Waals surface area contributed by atoms with Crippen LogP contribution in [-0.2, 0) is 23.9 Å². The Labute approximate surface area is 216 Å². The molecule has 0 N–H and O–H groups in total. The Balaban J connectivity index is 1.38. The SMILES string of the molecule is O=C(N(CCCc1cnoc1-c1ccc(C(F)(F)F)cc1)C1CCN(Cc2ccccc2)CC1)C(F)(F)F. The van der Waals surface area contributed by atoms with Gasteiger partial charge >= 0.3 is 18.3 Å². The Morgan fingerprint density at radius 2 is 1.63 bits per heavy atom. The number of hydrogen-bond acceptors (Lipinski definition) is 4. The van der Waals surface area contributed by atoms with Gasteiger partial charge in [-0.05, 0) is 43.4 Å². The smallest absolute Gasteiger partial charge is 0.356 e. The lowest BCUT2D eigenvalue weighted by Gasteiger charge is -2.39. The fraction of sp³-hybridized carbons (Fsp3) is 0.407. The van der Waals surface area contributed by atoms with E-state index in [9.17, 15) is 31.1 Å². The van der Waals surface area contributed by atoms with Crippen LogP contribution in [0.25, 0.3) is 11.3 Å². The van der Waals surface area contributed by atoms with Crippen molar-refractivity contribution in [3.8, 4) is 11.3 Å². The van der Waals surface area contributed by atoms with E-state index in [4.69, 9.17) is 4.52 Å². The van der Waals surface area contributed by atoms with Gasteiger partial charge in [-0.2, -0.15) is 26.3 Å². The number of aryl methyl sites for hydroxylation is 1. The molecule has 0 bridgehead atoms. The predicted molar refractivity (Wildman–Crippen MR) is 128 cm³/mol. The molecule has 38 heavy (non-hydrogen) atoms. The van der Waals surface area contributed by atoms with Crippen molar-refractivity contribution in [3.05, 3.63) is 77.5 Å². The third kappa shape index (κ3) is 6.94. The minimum absolute atomic E-state index is 0.112. The Morgan fingerprint density at radius 3 is 2.24 bits per heavy atom. The number of alkyl halides is 6. The van der Waals surface area contributed by atoms with Crippen molar-refractivity contribution in [1.29, 1.82) is 0 Å². The summed E-state index contributed by atoms with van der Waals surface area (Å²) in [6, 6.07) is 13.6. The molecule has 1 aromatic heterocycles. The van der Waals surface area contributed by atoms with Crippen molar-refractivity contribution in [3.63, 3.8) is 0 Å². The van der Waals surface area contributed by atoms with Crippen molar-refractivity contribution >= 4 is 5.91 Å². The van der Waals surface area contributed by atoms with Crippen molar-refractivity contribution in [2.24, 2.45) is 0 Å². The topological polar surface area (TPSA) is 49.6 Å². The average molecular weight is 540 g/mol. The fourth-order valence-electron chi connectivity index (χ4n) is 4.77. The highest BCUT2D eigenvalue weighted by Crippen LogP contribution is 2.32. The second-order valence-corrected chi connectivity index (χ2v) is 9.35. The van der Waals surface area contributed by atoms with Crippen LogP contribution in [0.4, 0.5) is 26.3 Å². The van der Waals surface area contributed by atoms with Gasteiger partial charge in [-0.1, -0.05) is 47.6 Å². The zero-order chi connectivity index (χ0) is 27.3. The highest BCUT2D eigenvalue weighted by atomic mass is 19.4. The minimum atomic E-state index is -4.98. The van der Waals surface area contributed by atoms with Crippen molar-refractivity contribution in [2.75, 3.05) is 19.6 Å². The molecule has 1 fully saturated rings. The lowest BCUT2D eigenvalue weighted by atomic mass is 10.0. The molecule has 5 nitrogen and oxygen atoms in total. The highest BCUT2D eigenvalue weighted by molar-refractivity contribution is 5.82.